The SMILES string of the molecule is C[C@@H]1CC[C@@]2(C)C(CN(C)CCCN(C)CCCN(C)CC3=C(C(F)(F)F)O[C@@H]4OC5(C)CCC6[C@H](C)CC[C@@H]3[C@]64OO5)=C(C(F)(F)F)O[C@@H]3O[C@@H](C)CCC1[C@@H]32. The van der Waals surface area contributed by atoms with Crippen LogP contribution in [0.25, 0.3) is 0 Å². The molecule has 4 saturated heterocycles. The molecule has 0 amide bonds. The number of likely N-dealkylation sites (N-methyl/N-ethyl adjacent to an activating group) is 2. The molecule has 6 fully saturated rings. The van der Waals surface area contributed by atoms with E-state index in [1.807, 2.05) is 44.8 Å². The lowest BCUT2D eigenvalue weighted by molar-refractivity contribution is -0.557. The molecule has 0 aromatic carbocycles. The predicted octanol–water partition coefficient (Wildman–Crippen LogP) is 8.66. The molecule has 9 nitrogen and oxygen atoms in total. The third-order valence-electron chi connectivity index (χ3n) is 15.0. The summed E-state index contributed by atoms with van der Waals surface area (Å²) >= 11 is 0. The second-order valence-electron chi connectivity index (χ2n) is 19.3. The zero-order valence-corrected chi connectivity index (χ0v) is 35.1. The highest BCUT2D eigenvalue weighted by atomic mass is 19.4. The van der Waals surface area contributed by atoms with Gasteiger partial charge in [0.2, 0.25) is 29.9 Å². The second-order valence-corrected chi connectivity index (χ2v) is 19.3. The van der Waals surface area contributed by atoms with E-state index in [1.54, 1.807) is 6.92 Å². The maximum absolute atomic E-state index is 14.7. The van der Waals surface area contributed by atoms with Crippen LogP contribution in [0.15, 0.2) is 22.7 Å². The van der Waals surface area contributed by atoms with Crippen molar-refractivity contribution in [1.82, 2.24) is 14.7 Å². The third-order valence-corrected chi connectivity index (χ3v) is 15.0. The zero-order valence-electron chi connectivity index (χ0n) is 35.1. The molecule has 6 aliphatic heterocycles. The van der Waals surface area contributed by atoms with Crippen molar-refractivity contribution in [1.29, 1.82) is 0 Å². The zero-order chi connectivity index (χ0) is 41.3. The number of allylic oxidation sites excluding steroid dienone is 2. The molecule has 0 aromatic rings. The molecule has 12 atom stereocenters. The van der Waals surface area contributed by atoms with Crippen LogP contribution in [-0.4, -0.2) is 118 Å². The van der Waals surface area contributed by atoms with E-state index in [1.165, 1.54) is 0 Å². The first-order chi connectivity index (χ1) is 26.7. The first-order valence-corrected chi connectivity index (χ1v) is 21.4. The van der Waals surface area contributed by atoms with Crippen molar-refractivity contribution in [3.63, 3.8) is 0 Å². The molecule has 0 N–H and O–H groups in total. The number of halogens is 6. The van der Waals surface area contributed by atoms with Crippen molar-refractivity contribution >= 4 is 0 Å². The van der Waals surface area contributed by atoms with Crippen LogP contribution in [0.1, 0.15) is 98.8 Å². The Morgan fingerprint density at radius 1 is 0.684 bits per heavy atom. The van der Waals surface area contributed by atoms with E-state index in [0.717, 1.165) is 51.5 Å². The topological polar surface area (TPSA) is 65.1 Å². The lowest BCUT2D eigenvalue weighted by atomic mass is 9.54. The fourth-order valence-corrected chi connectivity index (χ4v) is 11.9. The molecule has 0 radical (unpaired) electrons. The van der Waals surface area contributed by atoms with Crippen molar-refractivity contribution in [2.24, 2.45) is 40.9 Å². The van der Waals surface area contributed by atoms with Gasteiger partial charge in [-0.05, 0) is 148 Å². The molecule has 8 rings (SSSR count). The molecule has 57 heavy (non-hydrogen) atoms. The smallest absolute Gasteiger partial charge is 0.449 e. The Kier molecular flexibility index (Phi) is 12.2. The summed E-state index contributed by atoms with van der Waals surface area (Å²) in [6.45, 7) is 12.8. The molecule has 3 unspecified atom stereocenters. The van der Waals surface area contributed by atoms with Gasteiger partial charge in [0.25, 0.3) is 0 Å². The third kappa shape index (κ3) is 8.26. The average molecular weight is 822 g/mol. The van der Waals surface area contributed by atoms with E-state index in [-0.39, 0.29) is 48.4 Å². The van der Waals surface area contributed by atoms with Crippen molar-refractivity contribution < 1.29 is 55.1 Å². The van der Waals surface area contributed by atoms with Gasteiger partial charge in [0.05, 0.1) is 6.10 Å². The normalized spacial score (nSPS) is 40.8. The molecular formula is C42H65F6N3O6. The lowest BCUT2D eigenvalue weighted by Crippen LogP contribution is -2.67. The Balaban J connectivity index is 0.941. The first kappa shape index (κ1) is 43.5. The predicted molar refractivity (Wildman–Crippen MR) is 200 cm³/mol. The molecule has 326 valence electrons. The number of fused-ring (bicyclic) bond motifs is 2. The van der Waals surface area contributed by atoms with Crippen LogP contribution < -0.4 is 0 Å². The molecule has 8 aliphatic rings. The Labute approximate surface area is 334 Å². The monoisotopic (exact) mass is 821 g/mol. The maximum atomic E-state index is 14.7. The van der Waals surface area contributed by atoms with E-state index in [9.17, 15) is 26.3 Å². The minimum atomic E-state index is -4.69. The Morgan fingerprint density at radius 3 is 2.00 bits per heavy atom. The first-order valence-electron chi connectivity index (χ1n) is 21.4. The van der Waals surface area contributed by atoms with Crippen LogP contribution >= 0.6 is 0 Å². The van der Waals surface area contributed by atoms with Gasteiger partial charge in [-0.2, -0.15) is 26.3 Å². The van der Waals surface area contributed by atoms with E-state index >= 15 is 0 Å². The summed E-state index contributed by atoms with van der Waals surface area (Å²) < 4.78 is 112. The standard InChI is InChI=1S/C42H65F6N3O6/c1-25-15-17-38(4)32(35(42(46,47)48)53-36-33(38)28(25)13-12-27(3)52-36)24-51(8)22-10-20-49(6)19-9-21-50(7)23-29-31-14-11-26(2)30-16-18-39(5)55-37(40(30,31)57-56-39)54-34(29)41(43,44)45/h25-28,30-31,33,36-37H,9-24H2,1-8H3/t25-,26-,27+,28?,30?,31+,33+,36+,37-,38+,39?,40-/m1/s1. The molecular weight excluding hydrogens is 756 g/mol. The fourth-order valence-electron chi connectivity index (χ4n) is 11.9. The number of nitrogens with zero attached hydrogens (tertiary/aromatic N) is 3. The Bertz CT molecular complexity index is 1530. The summed E-state index contributed by atoms with van der Waals surface area (Å²) in [4.78, 5) is 18.0. The summed E-state index contributed by atoms with van der Waals surface area (Å²) in [7, 11) is 5.71. The highest BCUT2D eigenvalue weighted by Crippen LogP contribution is 2.62. The van der Waals surface area contributed by atoms with Gasteiger partial charge in [-0.1, -0.05) is 20.8 Å². The van der Waals surface area contributed by atoms with Crippen LogP contribution in [-0.2, 0) is 28.7 Å². The number of hydrogen-bond acceptors (Lipinski definition) is 9. The van der Waals surface area contributed by atoms with Gasteiger partial charge in [-0.25, -0.2) is 9.78 Å². The van der Waals surface area contributed by atoms with Crippen LogP contribution in [0, 0.1) is 40.9 Å². The molecule has 15 heteroatoms. The van der Waals surface area contributed by atoms with Crippen LogP contribution in [0.3, 0.4) is 0 Å². The van der Waals surface area contributed by atoms with Crippen molar-refractivity contribution in [2.75, 3.05) is 60.4 Å². The van der Waals surface area contributed by atoms with E-state index in [4.69, 9.17) is 28.7 Å². The van der Waals surface area contributed by atoms with Gasteiger partial charge >= 0.3 is 12.4 Å². The number of hydrogen-bond donors (Lipinski definition) is 0. The quantitative estimate of drug-likeness (QED) is 0.142. The number of alkyl halides is 6. The molecule has 6 heterocycles. The van der Waals surface area contributed by atoms with E-state index < -0.39 is 59.2 Å². The Morgan fingerprint density at radius 2 is 1.33 bits per heavy atom. The van der Waals surface area contributed by atoms with Gasteiger partial charge in [0.1, 0.15) is 0 Å². The maximum Gasteiger partial charge on any atom is 0.449 e. The molecule has 1 spiro atoms. The fraction of sp³-hybridized carbons (Fsp3) is 0.905. The van der Waals surface area contributed by atoms with Crippen molar-refractivity contribution in [3.05, 3.63) is 22.7 Å². The molecule has 2 bridgehead atoms. The summed E-state index contributed by atoms with van der Waals surface area (Å²) in [5.41, 5.74) is -1.27. The van der Waals surface area contributed by atoms with Crippen LogP contribution in [0.2, 0.25) is 0 Å². The average Bonchev–Trinajstić information content (AvgIpc) is 3.45. The van der Waals surface area contributed by atoms with Crippen LogP contribution in [0.5, 0.6) is 0 Å². The van der Waals surface area contributed by atoms with Gasteiger partial charge in [0.15, 0.2) is 5.60 Å². The lowest BCUT2D eigenvalue weighted by Gasteiger charge is -2.57. The van der Waals surface area contributed by atoms with Crippen molar-refractivity contribution in [2.45, 2.75) is 141 Å². The molecule has 0 aromatic heterocycles. The van der Waals surface area contributed by atoms with Gasteiger partial charge in [0, 0.05) is 42.7 Å². The molecule has 2 saturated carbocycles. The summed E-state index contributed by atoms with van der Waals surface area (Å²) in [5.74, 6) is -2.88. The van der Waals surface area contributed by atoms with E-state index in [2.05, 4.69) is 18.7 Å². The highest BCUT2D eigenvalue weighted by molar-refractivity contribution is 5.30. The number of rotatable bonds is 12. The van der Waals surface area contributed by atoms with Gasteiger partial charge < -0.3 is 33.6 Å². The largest absolute Gasteiger partial charge is 0.459 e. The number of ether oxygens (including phenoxy) is 4. The van der Waals surface area contributed by atoms with Gasteiger partial charge in [-0.15, -0.1) is 0 Å². The van der Waals surface area contributed by atoms with E-state index in [0.29, 0.717) is 50.4 Å². The summed E-state index contributed by atoms with van der Waals surface area (Å²) in [6, 6.07) is 0. The summed E-state index contributed by atoms with van der Waals surface area (Å²) in [5, 5.41) is 0. The Hall–Kier alpha value is -1.62. The van der Waals surface area contributed by atoms with Crippen LogP contribution in [0.4, 0.5) is 26.3 Å². The summed E-state index contributed by atoms with van der Waals surface area (Å²) in [6.07, 6.45) is -4.26. The van der Waals surface area contributed by atoms with Gasteiger partial charge in [-0.3, -0.25) is 0 Å². The molecule has 2 aliphatic carbocycles. The van der Waals surface area contributed by atoms with Crippen molar-refractivity contribution in [3.8, 4) is 0 Å². The minimum absolute atomic E-state index is 0.0633. The minimum Gasteiger partial charge on any atom is -0.459 e. The second kappa shape index (κ2) is 16.0. The highest BCUT2D eigenvalue weighted by Gasteiger charge is 2.70.